The summed E-state index contributed by atoms with van der Waals surface area (Å²) in [5, 5.41) is 2.92. The summed E-state index contributed by atoms with van der Waals surface area (Å²) in [4.78, 5) is 39.9. The Bertz CT molecular complexity index is 900. The van der Waals surface area contributed by atoms with Gasteiger partial charge in [0.2, 0.25) is 5.91 Å². The molecule has 0 unspecified atom stereocenters. The van der Waals surface area contributed by atoms with Crippen molar-refractivity contribution in [1.82, 2.24) is 25.2 Å². The lowest BCUT2D eigenvalue weighted by molar-refractivity contribution is -0.124. The predicted molar refractivity (Wildman–Crippen MR) is 109 cm³/mol. The molecule has 4 rings (SSSR count). The van der Waals surface area contributed by atoms with Gasteiger partial charge in [0.15, 0.2) is 0 Å². The summed E-state index contributed by atoms with van der Waals surface area (Å²) >= 11 is 0. The van der Waals surface area contributed by atoms with Crippen molar-refractivity contribution < 1.29 is 14.3 Å². The van der Waals surface area contributed by atoms with E-state index in [1.54, 1.807) is 18.6 Å². The Morgan fingerprint density at radius 3 is 2.63 bits per heavy atom. The number of hydrogen-bond acceptors (Lipinski definition) is 6. The van der Waals surface area contributed by atoms with E-state index in [0.29, 0.717) is 44.8 Å². The van der Waals surface area contributed by atoms with Crippen LogP contribution in [0.2, 0.25) is 0 Å². The molecule has 2 saturated heterocycles. The molecule has 2 aliphatic heterocycles. The summed E-state index contributed by atoms with van der Waals surface area (Å²) in [5.41, 5.74) is 3.07. The SMILES string of the molecule is Cc1ccc(C(=O)N2C[C@@H]3COC[C@@H](CC(=O)NCc4cnc(C)cn4)[C@@H]3C2)cn1. The predicted octanol–water partition coefficient (Wildman–Crippen LogP) is 1.53. The van der Waals surface area contributed by atoms with Gasteiger partial charge in [-0.2, -0.15) is 0 Å². The fourth-order valence-electron chi connectivity index (χ4n) is 4.26. The Kier molecular flexibility index (Phi) is 6.03. The maximum absolute atomic E-state index is 12.9. The molecular weight excluding hydrogens is 382 g/mol. The number of fused-ring (bicyclic) bond motifs is 1. The average molecular weight is 409 g/mol. The number of carbonyl (C=O) groups excluding carboxylic acids is 2. The summed E-state index contributed by atoms with van der Waals surface area (Å²) < 4.78 is 5.77. The number of amides is 2. The van der Waals surface area contributed by atoms with E-state index in [2.05, 4.69) is 20.3 Å². The van der Waals surface area contributed by atoms with Gasteiger partial charge >= 0.3 is 0 Å². The van der Waals surface area contributed by atoms with E-state index in [1.165, 1.54) is 0 Å². The lowest BCUT2D eigenvalue weighted by Crippen LogP contribution is -2.38. The smallest absolute Gasteiger partial charge is 0.255 e. The molecule has 0 bridgehead atoms. The highest BCUT2D eigenvalue weighted by Gasteiger charge is 2.43. The maximum atomic E-state index is 12.9. The van der Waals surface area contributed by atoms with E-state index in [9.17, 15) is 9.59 Å². The van der Waals surface area contributed by atoms with Gasteiger partial charge in [0.05, 0.1) is 42.9 Å². The van der Waals surface area contributed by atoms with Gasteiger partial charge in [-0.05, 0) is 37.8 Å². The molecule has 0 aliphatic carbocycles. The van der Waals surface area contributed by atoms with Gasteiger partial charge in [0.25, 0.3) is 5.91 Å². The highest BCUT2D eigenvalue weighted by molar-refractivity contribution is 5.94. The van der Waals surface area contributed by atoms with Crippen LogP contribution >= 0.6 is 0 Å². The van der Waals surface area contributed by atoms with Crippen molar-refractivity contribution >= 4 is 11.8 Å². The van der Waals surface area contributed by atoms with Gasteiger partial charge < -0.3 is 15.0 Å². The summed E-state index contributed by atoms with van der Waals surface area (Å²) in [5.74, 6) is 0.604. The zero-order valence-electron chi connectivity index (χ0n) is 17.4. The minimum Gasteiger partial charge on any atom is -0.381 e. The molecule has 2 fully saturated rings. The van der Waals surface area contributed by atoms with Crippen LogP contribution in [0, 0.1) is 31.6 Å². The first kappa shape index (κ1) is 20.4. The van der Waals surface area contributed by atoms with E-state index in [-0.39, 0.29) is 29.6 Å². The summed E-state index contributed by atoms with van der Waals surface area (Å²) in [7, 11) is 0. The van der Waals surface area contributed by atoms with Crippen molar-refractivity contribution in [2.75, 3.05) is 26.3 Å². The molecule has 30 heavy (non-hydrogen) atoms. The normalized spacial score (nSPS) is 23.1. The van der Waals surface area contributed by atoms with Crippen LogP contribution in [0.4, 0.5) is 0 Å². The Labute approximate surface area is 176 Å². The van der Waals surface area contributed by atoms with Crippen molar-refractivity contribution in [2.24, 2.45) is 17.8 Å². The third kappa shape index (κ3) is 4.64. The monoisotopic (exact) mass is 409 g/mol. The number of rotatable bonds is 5. The highest BCUT2D eigenvalue weighted by atomic mass is 16.5. The van der Waals surface area contributed by atoms with Crippen molar-refractivity contribution in [3.63, 3.8) is 0 Å². The minimum atomic E-state index is -0.0286. The third-order valence-corrected chi connectivity index (χ3v) is 5.96. The first-order valence-electron chi connectivity index (χ1n) is 10.3. The van der Waals surface area contributed by atoms with Crippen LogP contribution in [0.25, 0.3) is 0 Å². The number of ether oxygens (including phenoxy) is 1. The third-order valence-electron chi connectivity index (χ3n) is 5.96. The van der Waals surface area contributed by atoms with Crippen molar-refractivity contribution in [1.29, 1.82) is 0 Å². The molecule has 3 atom stereocenters. The number of nitrogens with one attached hydrogen (secondary N) is 1. The summed E-state index contributed by atoms with van der Waals surface area (Å²) in [6.07, 6.45) is 5.38. The minimum absolute atomic E-state index is 0.00181. The molecule has 0 radical (unpaired) electrons. The number of hydrogen-bond donors (Lipinski definition) is 1. The number of aromatic nitrogens is 3. The van der Waals surface area contributed by atoms with Crippen LogP contribution in [0.3, 0.4) is 0 Å². The van der Waals surface area contributed by atoms with E-state index >= 15 is 0 Å². The van der Waals surface area contributed by atoms with Crippen LogP contribution < -0.4 is 5.32 Å². The number of nitrogens with zero attached hydrogens (tertiary/aromatic N) is 4. The van der Waals surface area contributed by atoms with Crippen LogP contribution in [-0.2, 0) is 16.1 Å². The van der Waals surface area contributed by atoms with Gasteiger partial charge in [0.1, 0.15) is 0 Å². The molecule has 0 aromatic carbocycles. The molecule has 1 N–H and O–H groups in total. The lowest BCUT2D eigenvalue weighted by atomic mass is 9.81. The van der Waals surface area contributed by atoms with Crippen LogP contribution in [0.15, 0.2) is 30.7 Å². The molecule has 0 spiro atoms. The van der Waals surface area contributed by atoms with Gasteiger partial charge in [-0.15, -0.1) is 0 Å². The zero-order chi connectivity index (χ0) is 21.1. The lowest BCUT2D eigenvalue weighted by Gasteiger charge is -2.32. The van der Waals surface area contributed by atoms with Crippen molar-refractivity contribution in [3.8, 4) is 0 Å². The standard InChI is InChI=1S/C22H27N5O3/c1-14-3-4-16(7-23-14)22(29)27-10-18-13-30-12-17(20(18)11-27)5-21(28)26-9-19-8-24-15(2)6-25-19/h3-4,6-8,17-18,20H,5,9-13H2,1-2H3,(H,26,28)/t17-,18-,20+/m1/s1. The number of pyridine rings is 1. The molecule has 8 nitrogen and oxygen atoms in total. The quantitative estimate of drug-likeness (QED) is 0.804. The van der Waals surface area contributed by atoms with E-state index in [4.69, 9.17) is 4.74 Å². The van der Waals surface area contributed by atoms with Crippen LogP contribution in [0.1, 0.15) is 33.9 Å². The van der Waals surface area contributed by atoms with Gasteiger partial charge in [-0.3, -0.25) is 24.5 Å². The number of likely N-dealkylation sites (tertiary alicyclic amines) is 1. The molecular formula is C22H27N5O3. The Morgan fingerprint density at radius 1 is 1.07 bits per heavy atom. The Hall–Kier alpha value is -2.87. The molecule has 8 heteroatoms. The highest BCUT2D eigenvalue weighted by Crippen LogP contribution is 2.36. The Morgan fingerprint density at radius 2 is 1.90 bits per heavy atom. The topological polar surface area (TPSA) is 97.3 Å². The average Bonchev–Trinajstić information content (AvgIpc) is 3.19. The molecule has 2 aliphatic rings. The first-order valence-corrected chi connectivity index (χ1v) is 10.3. The molecule has 0 saturated carbocycles. The maximum Gasteiger partial charge on any atom is 0.255 e. The summed E-state index contributed by atoms with van der Waals surface area (Å²) in [6.45, 7) is 6.64. The second-order valence-electron chi connectivity index (χ2n) is 8.25. The van der Waals surface area contributed by atoms with Gasteiger partial charge in [-0.25, -0.2) is 0 Å². The zero-order valence-corrected chi connectivity index (χ0v) is 17.4. The fraction of sp³-hybridized carbons (Fsp3) is 0.500. The fourth-order valence-corrected chi connectivity index (χ4v) is 4.26. The largest absolute Gasteiger partial charge is 0.381 e. The summed E-state index contributed by atoms with van der Waals surface area (Å²) in [6, 6.07) is 3.67. The first-order chi connectivity index (χ1) is 14.5. The van der Waals surface area contributed by atoms with Crippen molar-refractivity contribution in [3.05, 3.63) is 53.4 Å². The van der Waals surface area contributed by atoms with Crippen LogP contribution in [0.5, 0.6) is 0 Å². The number of carbonyl (C=O) groups is 2. The molecule has 4 heterocycles. The number of aryl methyl sites for hydroxylation is 2. The second-order valence-corrected chi connectivity index (χ2v) is 8.25. The van der Waals surface area contributed by atoms with E-state index in [1.807, 2.05) is 30.9 Å². The molecule has 2 aromatic rings. The molecule has 158 valence electrons. The van der Waals surface area contributed by atoms with Crippen molar-refractivity contribution in [2.45, 2.75) is 26.8 Å². The van der Waals surface area contributed by atoms with E-state index in [0.717, 1.165) is 17.1 Å². The van der Waals surface area contributed by atoms with Gasteiger partial charge in [0, 0.05) is 43.5 Å². The van der Waals surface area contributed by atoms with Crippen LogP contribution in [-0.4, -0.2) is 58.0 Å². The van der Waals surface area contributed by atoms with Gasteiger partial charge in [-0.1, -0.05) is 0 Å². The molecule has 2 amide bonds. The molecule has 2 aromatic heterocycles. The Balaban J connectivity index is 1.33. The second kappa shape index (κ2) is 8.87. The van der Waals surface area contributed by atoms with E-state index < -0.39 is 0 Å².